The Labute approximate surface area is 127 Å². The first-order valence-corrected chi connectivity index (χ1v) is 9.87. The molecule has 0 amide bonds. The second kappa shape index (κ2) is 5.73. The molecule has 4 atom stereocenters. The van der Waals surface area contributed by atoms with Gasteiger partial charge in [-0.2, -0.15) is 0 Å². The number of aliphatic hydroxyl groups is 1. The molecule has 1 N–H and O–H groups in total. The van der Waals surface area contributed by atoms with Crippen LogP contribution in [-0.2, 0) is 16.3 Å². The minimum Gasteiger partial charge on any atom is -0.392 e. The molecule has 2 aliphatic rings. The molecule has 116 valence electrons. The fraction of sp³-hybridized carbons (Fsp3) is 0.647. The van der Waals surface area contributed by atoms with Crippen LogP contribution in [0.4, 0.5) is 0 Å². The van der Waals surface area contributed by atoms with Crippen molar-refractivity contribution in [3.8, 4) is 0 Å². The molecule has 4 heteroatoms. The van der Waals surface area contributed by atoms with Gasteiger partial charge in [-0.05, 0) is 49.1 Å². The quantitative estimate of drug-likeness (QED) is 0.934. The van der Waals surface area contributed by atoms with Gasteiger partial charge in [0.05, 0.1) is 11.4 Å². The maximum absolute atomic E-state index is 11.8. The molecule has 3 nitrogen and oxygen atoms in total. The number of hydrogen-bond donors (Lipinski definition) is 1. The molecule has 2 aliphatic carbocycles. The zero-order chi connectivity index (χ0) is 15.0. The zero-order valence-electron chi connectivity index (χ0n) is 12.5. The summed E-state index contributed by atoms with van der Waals surface area (Å²) in [4.78, 5) is 0. The van der Waals surface area contributed by atoms with Gasteiger partial charge in [0.15, 0.2) is 0 Å². The van der Waals surface area contributed by atoms with E-state index in [-0.39, 0.29) is 17.1 Å². The summed E-state index contributed by atoms with van der Waals surface area (Å²) in [6.07, 6.45) is 6.18. The van der Waals surface area contributed by atoms with Gasteiger partial charge in [-0.25, -0.2) is 8.42 Å². The van der Waals surface area contributed by atoms with Gasteiger partial charge in [-0.1, -0.05) is 30.7 Å². The highest BCUT2D eigenvalue weighted by Gasteiger charge is 2.37. The van der Waals surface area contributed by atoms with Crippen molar-refractivity contribution in [3.05, 3.63) is 35.4 Å². The number of aliphatic hydroxyl groups excluding tert-OH is 1. The molecule has 1 fully saturated rings. The first-order chi connectivity index (χ1) is 9.97. The van der Waals surface area contributed by atoms with Crippen LogP contribution in [0.5, 0.6) is 0 Å². The summed E-state index contributed by atoms with van der Waals surface area (Å²) in [5.74, 6) is 0.305. The first kappa shape index (κ1) is 15.0. The summed E-state index contributed by atoms with van der Waals surface area (Å²) >= 11 is 0. The second-order valence-corrected chi connectivity index (χ2v) is 9.04. The van der Waals surface area contributed by atoms with E-state index in [4.69, 9.17) is 0 Å². The molecule has 0 heterocycles. The Hall–Kier alpha value is -0.870. The minimum atomic E-state index is -2.99. The number of sulfone groups is 1. The number of fused-ring (bicyclic) bond motifs is 1. The third-order valence-corrected chi connectivity index (χ3v) is 6.99. The summed E-state index contributed by atoms with van der Waals surface area (Å²) in [5, 5.41) is 10.5. The Balaban J connectivity index is 1.75. The van der Waals surface area contributed by atoms with E-state index >= 15 is 0 Å². The zero-order valence-corrected chi connectivity index (χ0v) is 13.3. The van der Waals surface area contributed by atoms with Crippen LogP contribution in [0.3, 0.4) is 0 Å². The van der Waals surface area contributed by atoms with Gasteiger partial charge < -0.3 is 5.11 Å². The van der Waals surface area contributed by atoms with Gasteiger partial charge in [-0.15, -0.1) is 0 Å². The van der Waals surface area contributed by atoms with E-state index in [9.17, 15) is 13.5 Å². The number of aryl methyl sites for hydroxylation is 1. The summed E-state index contributed by atoms with van der Waals surface area (Å²) in [6.45, 7) is 0. The Morgan fingerprint density at radius 3 is 2.71 bits per heavy atom. The lowest BCUT2D eigenvalue weighted by Gasteiger charge is -2.34. The normalized spacial score (nSPS) is 30.9. The summed E-state index contributed by atoms with van der Waals surface area (Å²) < 4.78 is 23.6. The van der Waals surface area contributed by atoms with Crippen molar-refractivity contribution < 1.29 is 13.5 Å². The molecular formula is C17H24O3S. The number of rotatable bonds is 3. The van der Waals surface area contributed by atoms with E-state index in [0.29, 0.717) is 6.42 Å². The maximum Gasteiger partial charge on any atom is 0.150 e. The van der Waals surface area contributed by atoms with Crippen LogP contribution in [0.15, 0.2) is 24.3 Å². The van der Waals surface area contributed by atoms with Crippen LogP contribution in [0.1, 0.15) is 49.1 Å². The van der Waals surface area contributed by atoms with E-state index in [1.807, 2.05) is 12.1 Å². The third-order valence-electron chi connectivity index (χ3n) is 5.35. The van der Waals surface area contributed by atoms with Crippen LogP contribution >= 0.6 is 0 Å². The van der Waals surface area contributed by atoms with Crippen molar-refractivity contribution in [1.29, 1.82) is 0 Å². The third kappa shape index (κ3) is 3.02. The first-order valence-electron chi connectivity index (χ1n) is 7.91. The number of benzene rings is 1. The molecule has 1 saturated carbocycles. The van der Waals surface area contributed by atoms with Gasteiger partial charge in [0.25, 0.3) is 0 Å². The number of hydrogen-bond acceptors (Lipinski definition) is 3. The standard InChI is InChI=1S/C17H24O3S/c1-21(19,20)14-7-4-6-13(11-14)17(18)16-10-9-12-5-2-3-8-15(12)16/h2-3,5,8,13-14,16-18H,4,6-7,9-11H2,1H3. The van der Waals surface area contributed by atoms with Gasteiger partial charge in [0.1, 0.15) is 9.84 Å². The highest BCUT2D eigenvalue weighted by molar-refractivity contribution is 7.91. The molecule has 0 spiro atoms. The smallest absolute Gasteiger partial charge is 0.150 e. The Bertz CT molecular complexity index is 608. The van der Waals surface area contributed by atoms with E-state index < -0.39 is 15.9 Å². The van der Waals surface area contributed by atoms with Crippen LogP contribution in [0.2, 0.25) is 0 Å². The molecule has 0 aromatic heterocycles. The van der Waals surface area contributed by atoms with Crippen molar-refractivity contribution in [3.63, 3.8) is 0 Å². The fourth-order valence-electron chi connectivity index (χ4n) is 4.15. The lowest BCUT2D eigenvalue weighted by atomic mass is 9.78. The molecule has 21 heavy (non-hydrogen) atoms. The fourth-order valence-corrected chi connectivity index (χ4v) is 5.35. The topological polar surface area (TPSA) is 54.4 Å². The van der Waals surface area contributed by atoms with E-state index in [1.54, 1.807) is 0 Å². The maximum atomic E-state index is 11.8. The predicted octanol–water partition coefficient (Wildman–Crippen LogP) is 2.68. The van der Waals surface area contributed by atoms with Crippen LogP contribution in [0, 0.1) is 5.92 Å². The predicted molar refractivity (Wildman–Crippen MR) is 84.1 cm³/mol. The van der Waals surface area contributed by atoms with Gasteiger partial charge in [0, 0.05) is 12.2 Å². The van der Waals surface area contributed by atoms with E-state index in [2.05, 4.69) is 12.1 Å². The van der Waals surface area contributed by atoms with Crippen molar-refractivity contribution in [1.82, 2.24) is 0 Å². The monoisotopic (exact) mass is 308 g/mol. The van der Waals surface area contributed by atoms with Crippen molar-refractivity contribution in [2.45, 2.75) is 55.8 Å². The van der Waals surface area contributed by atoms with Crippen molar-refractivity contribution >= 4 is 9.84 Å². The summed E-state index contributed by atoms with van der Waals surface area (Å²) in [6, 6.07) is 8.34. The second-order valence-electron chi connectivity index (χ2n) is 6.71. The minimum absolute atomic E-state index is 0.120. The molecule has 0 bridgehead atoms. The Kier molecular flexibility index (Phi) is 4.10. The van der Waals surface area contributed by atoms with Gasteiger partial charge in [-0.3, -0.25) is 0 Å². The Morgan fingerprint density at radius 1 is 1.19 bits per heavy atom. The van der Waals surface area contributed by atoms with E-state index in [1.165, 1.54) is 17.4 Å². The molecule has 0 radical (unpaired) electrons. The van der Waals surface area contributed by atoms with Gasteiger partial charge >= 0.3 is 0 Å². The highest BCUT2D eigenvalue weighted by atomic mass is 32.2. The van der Waals surface area contributed by atoms with Crippen LogP contribution in [0.25, 0.3) is 0 Å². The SMILES string of the molecule is CS(=O)(=O)C1CCCC(C(O)C2CCc3ccccc32)C1. The average Bonchev–Trinajstić information content (AvgIpc) is 2.90. The van der Waals surface area contributed by atoms with E-state index in [0.717, 1.165) is 32.1 Å². The highest BCUT2D eigenvalue weighted by Crippen LogP contribution is 2.41. The van der Waals surface area contributed by atoms with Gasteiger partial charge in [0.2, 0.25) is 0 Å². The van der Waals surface area contributed by atoms with Crippen LogP contribution < -0.4 is 0 Å². The molecule has 1 aromatic carbocycles. The molecular weight excluding hydrogens is 284 g/mol. The lowest BCUT2D eigenvalue weighted by Crippen LogP contribution is -2.35. The van der Waals surface area contributed by atoms with Crippen LogP contribution in [-0.4, -0.2) is 31.1 Å². The summed E-state index contributed by atoms with van der Waals surface area (Å²) in [7, 11) is -2.99. The molecule has 4 unspecified atom stereocenters. The molecule has 0 aliphatic heterocycles. The summed E-state index contributed by atoms with van der Waals surface area (Å²) in [5.41, 5.74) is 2.61. The average molecular weight is 308 g/mol. The molecule has 1 aromatic rings. The molecule has 3 rings (SSSR count). The Morgan fingerprint density at radius 2 is 1.95 bits per heavy atom. The lowest BCUT2D eigenvalue weighted by molar-refractivity contribution is 0.0613. The largest absolute Gasteiger partial charge is 0.392 e. The van der Waals surface area contributed by atoms with Crippen molar-refractivity contribution in [2.75, 3.05) is 6.26 Å². The molecule has 0 saturated heterocycles. The van der Waals surface area contributed by atoms with Crippen molar-refractivity contribution in [2.24, 2.45) is 5.92 Å².